The molecule has 4 aliphatic carbocycles. The molecular weight excluding hydrogens is 394 g/mol. The summed E-state index contributed by atoms with van der Waals surface area (Å²) in [5.41, 5.74) is -2.72. The van der Waals surface area contributed by atoms with Crippen molar-refractivity contribution in [2.45, 2.75) is 109 Å². The normalized spacial score (nSPS) is 56.2. The van der Waals surface area contributed by atoms with E-state index in [0.717, 1.165) is 38.5 Å². The van der Waals surface area contributed by atoms with Crippen LogP contribution in [0.3, 0.4) is 0 Å². The molecule has 31 heavy (non-hydrogen) atoms. The molecule has 0 aromatic rings. The van der Waals surface area contributed by atoms with Gasteiger partial charge >= 0.3 is 0 Å². The number of Topliss-reactive ketones (excluding diaryl/α,β-unsaturated/α-hetero) is 1. The van der Waals surface area contributed by atoms with Gasteiger partial charge in [-0.05, 0) is 101 Å². The zero-order chi connectivity index (χ0) is 22.6. The number of aliphatic hydroxyl groups is 2. The van der Waals surface area contributed by atoms with Gasteiger partial charge in [0.1, 0.15) is 11.3 Å². The Morgan fingerprint density at radius 1 is 1.00 bits per heavy atom. The van der Waals surface area contributed by atoms with Gasteiger partial charge in [0, 0.05) is 5.41 Å². The van der Waals surface area contributed by atoms with E-state index in [1.54, 1.807) is 0 Å². The maximum Gasteiger partial charge on any atom is 0.161 e. The van der Waals surface area contributed by atoms with E-state index >= 15 is 0 Å². The number of aliphatic hydroxyl groups excluding tert-OH is 1. The van der Waals surface area contributed by atoms with Crippen LogP contribution in [0.15, 0.2) is 0 Å². The lowest BCUT2D eigenvalue weighted by Crippen LogP contribution is -2.64. The van der Waals surface area contributed by atoms with Crippen molar-refractivity contribution in [1.82, 2.24) is 5.06 Å². The van der Waals surface area contributed by atoms with Crippen molar-refractivity contribution in [3.63, 3.8) is 0 Å². The summed E-state index contributed by atoms with van der Waals surface area (Å²) >= 11 is 0. The fraction of sp³-hybridized carbons (Fsp3) is 0.960. The van der Waals surface area contributed by atoms with Crippen molar-refractivity contribution in [2.75, 3.05) is 6.61 Å². The molecule has 6 nitrogen and oxygen atoms in total. The highest BCUT2D eigenvalue weighted by Gasteiger charge is 2.69. The smallest absolute Gasteiger partial charge is 0.161 e. The molecule has 0 aromatic carbocycles. The summed E-state index contributed by atoms with van der Waals surface area (Å²) in [5, 5.41) is 35.1. The number of fused-ring (bicyclic) bond motifs is 5. The molecule has 0 unspecified atom stereocenters. The molecule has 176 valence electrons. The van der Waals surface area contributed by atoms with Gasteiger partial charge in [0.15, 0.2) is 5.78 Å². The predicted molar refractivity (Wildman–Crippen MR) is 115 cm³/mol. The van der Waals surface area contributed by atoms with Crippen LogP contribution in [0.4, 0.5) is 0 Å². The number of ketones is 1. The third-order valence-electron chi connectivity index (χ3n) is 11.1. The topological polar surface area (TPSA) is 90.2 Å². The Morgan fingerprint density at radius 3 is 2.29 bits per heavy atom. The maximum atomic E-state index is 12.4. The molecule has 0 bridgehead atoms. The SMILES string of the molecule is CC(=O)[C@]1(O)CC[C@H]2[C@@H]3C[C@@H](O)[C@H]4C[C@]5(CC[C@]4(C)[C@H]3CC[C@@]21C)OCC(C)(C)N5O. The van der Waals surface area contributed by atoms with Crippen LogP contribution in [-0.4, -0.2) is 55.8 Å². The van der Waals surface area contributed by atoms with Crippen molar-refractivity contribution in [1.29, 1.82) is 0 Å². The average molecular weight is 436 g/mol. The molecule has 5 rings (SSSR count). The first kappa shape index (κ1) is 22.3. The number of hydrogen-bond donors (Lipinski definition) is 3. The molecule has 9 atom stereocenters. The number of nitrogens with zero attached hydrogens (tertiary/aromatic N) is 1. The van der Waals surface area contributed by atoms with Crippen molar-refractivity contribution in [2.24, 2.45) is 34.5 Å². The average Bonchev–Trinajstić information content (AvgIpc) is 3.10. The zero-order valence-electron chi connectivity index (χ0n) is 19.9. The molecule has 5 fully saturated rings. The standard InChI is InChI=1S/C25H41NO5/c1-15(27)25(29)9-7-18-16-12-20(28)19-13-24(26(30)21(2,3)14-31-24)11-10-22(19,4)17(16)6-8-23(18,25)5/h16-20,28-30H,6-14H2,1-5H3/t16-,17+,18+,19-,20-,22-,23+,24+,25-/m1/s1. The number of ether oxygens (including phenoxy) is 1. The Hall–Kier alpha value is -0.530. The van der Waals surface area contributed by atoms with Gasteiger partial charge in [0.05, 0.1) is 18.2 Å². The third-order valence-corrected chi connectivity index (χ3v) is 11.1. The fourth-order valence-electron chi connectivity index (χ4n) is 9.15. The summed E-state index contributed by atoms with van der Waals surface area (Å²) in [4.78, 5) is 12.4. The van der Waals surface area contributed by atoms with Crippen molar-refractivity contribution < 1.29 is 25.0 Å². The fourth-order valence-corrected chi connectivity index (χ4v) is 9.15. The Labute approximate surface area is 186 Å². The predicted octanol–water partition coefficient (Wildman–Crippen LogP) is 3.52. The maximum absolute atomic E-state index is 12.4. The number of carbonyl (C=O) groups excluding carboxylic acids is 1. The summed E-state index contributed by atoms with van der Waals surface area (Å²) in [6.45, 7) is 10.5. The number of carbonyl (C=O) groups is 1. The number of hydroxylamine groups is 2. The van der Waals surface area contributed by atoms with E-state index in [-0.39, 0.29) is 28.4 Å². The van der Waals surface area contributed by atoms with Crippen LogP contribution in [0.5, 0.6) is 0 Å². The van der Waals surface area contributed by atoms with E-state index in [9.17, 15) is 20.2 Å². The Balaban J connectivity index is 1.44. The lowest BCUT2D eigenvalue weighted by atomic mass is 9.43. The molecular formula is C25H41NO5. The van der Waals surface area contributed by atoms with Gasteiger partial charge in [-0.25, -0.2) is 0 Å². The van der Waals surface area contributed by atoms with Crippen LogP contribution in [0, 0.1) is 34.5 Å². The molecule has 1 heterocycles. The first-order valence-corrected chi connectivity index (χ1v) is 12.4. The molecule has 0 radical (unpaired) electrons. The van der Waals surface area contributed by atoms with Crippen LogP contribution >= 0.6 is 0 Å². The van der Waals surface area contributed by atoms with E-state index in [1.807, 2.05) is 13.8 Å². The quantitative estimate of drug-likeness (QED) is 0.584. The first-order chi connectivity index (χ1) is 14.3. The van der Waals surface area contributed by atoms with Crippen LogP contribution in [-0.2, 0) is 9.53 Å². The van der Waals surface area contributed by atoms with Crippen molar-refractivity contribution in [3.05, 3.63) is 0 Å². The van der Waals surface area contributed by atoms with Crippen molar-refractivity contribution >= 4 is 5.78 Å². The largest absolute Gasteiger partial charge is 0.393 e. The van der Waals surface area contributed by atoms with Crippen LogP contribution in [0.1, 0.15) is 86.0 Å². The highest BCUT2D eigenvalue weighted by Crippen LogP contribution is 2.69. The van der Waals surface area contributed by atoms with Crippen LogP contribution in [0.2, 0.25) is 0 Å². The Kier molecular flexibility index (Phi) is 4.69. The van der Waals surface area contributed by atoms with Gasteiger partial charge in [0.25, 0.3) is 0 Å². The summed E-state index contributed by atoms with van der Waals surface area (Å²) in [6, 6.07) is 0. The Morgan fingerprint density at radius 2 is 1.68 bits per heavy atom. The molecule has 6 heteroatoms. The van der Waals surface area contributed by atoms with Gasteiger partial charge in [-0.2, -0.15) is 5.06 Å². The molecule has 0 amide bonds. The van der Waals surface area contributed by atoms with E-state index in [0.29, 0.717) is 31.3 Å². The molecule has 3 N–H and O–H groups in total. The van der Waals surface area contributed by atoms with Crippen molar-refractivity contribution in [3.8, 4) is 0 Å². The Bertz CT molecular complexity index is 786. The van der Waals surface area contributed by atoms with E-state index < -0.39 is 23.0 Å². The minimum Gasteiger partial charge on any atom is -0.393 e. The zero-order valence-corrected chi connectivity index (χ0v) is 19.9. The van der Waals surface area contributed by atoms with Crippen LogP contribution in [0.25, 0.3) is 0 Å². The summed E-state index contributed by atoms with van der Waals surface area (Å²) in [7, 11) is 0. The van der Waals surface area contributed by atoms with Gasteiger partial charge in [-0.3, -0.25) is 4.79 Å². The molecule has 1 saturated heterocycles. The molecule has 5 aliphatic rings. The second-order valence-electron chi connectivity index (χ2n) is 12.8. The number of hydrogen-bond acceptors (Lipinski definition) is 6. The highest BCUT2D eigenvalue weighted by atomic mass is 16.6. The van der Waals surface area contributed by atoms with E-state index in [1.165, 1.54) is 12.0 Å². The number of rotatable bonds is 1. The minimum atomic E-state index is -1.22. The second-order valence-corrected chi connectivity index (χ2v) is 12.8. The lowest BCUT2D eigenvalue weighted by molar-refractivity contribution is -0.292. The third kappa shape index (κ3) is 2.66. The molecule has 1 aliphatic heterocycles. The van der Waals surface area contributed by atoms with Gasteiger partial charge in [-0.1, -0.05) is 13.8 Å². The molecule has 0 aromatic heterocycles. The lowest BCUT2D eigenvalue weighted by Gasteiger charge is -2.64. The van der Waals surface area contributed by atoms with Gasteiger partial charge in [-0.15, -0.1) is 0 Å². The van der Waals surface area contributed by atoms with E-state index in [4.69, 9.17) is 4.74 Å². The monoisotopic (exact) mass is 435 g/mol. The minimum absolute atomic E-state index is 0.0111. The molecule has 4 saturated carbocycles. The van der Waals surface area contributed by atoms with E-state index in [2.05, 4.69) is 13.8 Å². The highest BCUT2D eigenvalue weighted by molar-refractivity contribution is 5.86. The van der Waals surface area contributed by atoms with Gasteiger partial charge < -0.3 is 20.2 Å². The van der Waals surface area contributed by atoms with Crippen LogP contribution < -0.4 is 0 Å². The second kappa shape index (κ2) is 6.53. The summed E-state index contributed by atoms with van der Waals surface area (Å²) in [5.74, 6) is 1.08. The molecule has 1 spiro atoms. The summed E-state index contributed by atoms with van der Waals surface area (Å²) in [6.07, 6.45) is 5.91. The first-order valence-electron chi connectivity index (χ1n) is 12.4. The summed E-state index contributed by atoms with van der Waals surface area (Å²) < 4.78 is 6.22. The van der Waals surface area contributed by atoms with Gasteiger partial charge in [0.2, 0.25) is 0 Å².